The van der Waals surface area contributed by atoms with Crippen LogP contribution in [0.4, 0.5) is 0 Å². The molecule has 1 rings (SSSR count). The van der Waals surface area contributed by atoms with E-state index in [0.29, 0.717) is 12.1 Å². The van der Waals surface area contributed by atoms with E-state index in [-0.39, 0.29) is 6.61 Å². The largest absolute Gasteiger partial charge is 0.395 e. The van der Waals surface area contributed by atoms with Crippen LogP contribution < -0.4 is 5.32 Å². The fourth-order valence-corrected chi connectivity index (χ4v) is 2.77. The van der Waals surface area contributed by atoms with E-state index in [9.17, 15) is 5.11 Å². The van der Waals surface area contributed by atoms with Crippen molar-refractivity contribution in [2.24, 2.45) is 11.8 Å². The van der Waals surface area contributed by atoms with Crippen LogP contribution in [0.2, 0.25) is 0 Å². The zero-order valence-corrected chi connectivity index (χ0v) is 10.5. The third-order valence-electron chi connectivity index (χ3n) is 3.84. The van der Waals surface area contributed by atoms with Crippen molar-refractivity contribution >= 4 is 0 Å². The van der Waals surface area contributed by atoms with Gasteiger partial charge in [0.05, 0.1) is 6.61 Å². The van der Waals surface area contributed by atoms with E-state index in [0.717, 1.165) is 18.3 Å². The average molecular weight is 213 g/mol. The van der Waals surface area contributed by atoms with Crippen LogP contribution in [0.3, 0.4) is 0 Å². The fourth-order valence-electron chi connectivity index (χ4n) is 2.77. The highest BCUT2D eigenvalue weighted by molar-refractivity contribution is 4.85. The van der Waals surface area contributed by atoms with Gasteiger partial charge < -0.3 is 10.4 Å². The summed E-state index contributed by atoms with van der Waals surface area (Å²) in [4.78, 5) is 0. The Labute approximate surface area is 94.5 Å². The van der Waals surface area contributed by atoms with Crippen molar-refractivity contribution in [3.8, 4) is 0 Å². The van der Waals surface area contributed by atoms with Crippen molar-refractivity contribution in [3.63, 3.8) is 0 Å². The summed E-state index contributed by atoms with van der Waals surface area (Å²) in [5.74, 6) is 1.57. The van der Waals surface area contributed by atoms with Crippen LogP contribution in [0, 0.1) is 11.8 Å². The zero-order chi connectivity index (χ0) is 11.3. The highest BCUT2D eigenvalue weighted by Crippen LogP contribution is 2.30. The smallest absolute Gasteiger partial charge is 0.0584 e. The summed E-state index contributed by atoms with van der Waals surface area (Å²) in [6, 6.07) is 0.935. The van der Waals surface area contributed by atoms with Crippen LogP contribution >= 0.6 is 0 Å². The number of aliphatic hydroxyl groups is 1. The highest BCUT2D eigenvalue weighted by atomic mass is 16.3. The second-order valence-electron chi connectivity index (χ2n) is 5.25. The van der Waals surface area contributed by atoms with Crippen LogP contribution in [0.1, 0.15) is 52.9 Å². The van der Waals surface area contributed by atoms with Gasteiger partial charge in [-0.25, -0.2) is 0 Å². The van der Waals surface area contributed by atoms with E-state index in [2.05, 4.69) is 26.1 Å². The van der Waals surface area contributed by atoms with E-state index in [1.807, 2.05) is 0 Å². The molecule has 1 aliphatic carbocycles. The van der Waals surface area contributed by atoms with Crippen molar-refractivity contribution in [1.29, 1.82) is 0 Å². The quantitative estimate of drug-likeness (QED) is 0.735. The van der Waals surface area contributed by atoms with Crippen LogP contribution in [0.25, 0.3) is 0 Å². The molecule has 0 bridgehead atoms. The molecule has 0 saturated heterocycles. The Kier molecular flexibility index (Phi) is 5.62. The third kappa shape index (κ3) is 3.76. The van der Waals surface area contributed by atoms with Crippen molar-refractivity contribution in [3.05, 3.63) is 0 Å². The van der Waals surface area contributed by atoms with Gasteiger partial charge >= 0.3 is 0 Å². The SMILES string of the molecule is CC[C@H](CO)NC1CCCCC1C(C)C. The van der Waals surface area contributed by atoms with Gasteiger partial charge in [-0.1, -0.05) is 33.6 Å². The lowest BCUT2D eigenvalue weighted by atomic mass is 9.77. The van der Waals surface area contributed by atoms with E-state index < -0.39 is 0 Å². The van der Waals surface area contributed by atoms with Crippen molar-refractivity contribution in [2.45, 2.75) is 65.0 Å². The molecule has 0 aromatic carbocycles. The molecule has 2 nitrogen and oxygen atoms in total. The Hall–Kier alpha value is -0.0800. The standard InChI is InChI=1S/C13H27NO/c1-4-11(9-15)14-13-8-6-5-7-12(13)10(2)3/h10-15H,4-9H2,1-3H3/t11-,12?,13?/m1/s1. The maximum absolute atomic E-state index is 9.22. The van der Waals surface area contributed by atoms with Gasteiger partial charge in [-0.05, 0) is 31.1 Å². The first-order chi connectivity index (χ1) is 7.19. The fraction of sp³-hybridized carbons (Fsp3) is 1.00. The molecule has 2 unspecified atom stereocenters. The molecule has 3 atom stereocenters. The van der Waals surface area contributed by atoms with Gasteiger partial charge in [-0.3, -0.25) is 0 Å². The number of aliphatic hydroxyl groups excluding tert-OH is 1. The maximum Gasteiger partial charge on any atom is 0.0584 e. The maximum atomic E-state index is 9.22. The zero-order valence-electron chi connectivity index (χ0n) is 10.5. The Bertz CT molecular complexity index is 166. The Morgan fingerprint density at radius 1 is 1.27 bits per heavy atom. The van der Waals surface area contributed by atoms with Gasteiger partial charge in [0, 0.05) is 12.1 Å². The second-order valence-corrected chi connectivity index (χ2v) is 5.25. The minimum atomic E-state index is 0.276. The molecule has 1 saturated carbocycles. The lowest BCUT2D eigenvalue weighted by molar-refractivity contribution is 0.161. The minimum absolute atomic E-state index is 0.276. The molecule has 0 amide bonds. The van der Waals surface area contributed by atoms with Gasteiger partial charge in [0.25, 0.3) is 0 Å². The molecule has 0 aromatic heterocycles. The van der Waals surface area contributed by atoms with Gasteiger partial charge in [-0.2, -0.15) is 0 Å². The van der Waals surface area contributed by atoms with Crippen LogP contribution in [-0.2, 0) is 0 Å². The molecule has 1 aliphatic rings. The molecule has 15 heavy (non-hydrogen) atoms. The molecule has 2 heteroatoms. The molecular formula is C13H27NO. The first kappa shape index (κ1) is 13.0. The lowest BCUT2D eigenvalue weighted by Crippen LogP contribution is -2.47. The summed E-state index contributed by atoms with van der Waals surface area (Å²) < 4.78 is 0. The second kappa shape index (κ2) is 6.49. The molecule has 90 valence electrons. The molecule has 0 aromatic rings. The summed E-state index contributed by atoms with van der Waals surface area (Å²) in [5, 5.41) is 12.9. The monoisotopic (exact) mass is 213 g/mol. The molecule has 0 spiro atoms. The summed E-state index contributed by atoms with van der Waals surface area (Å²) in [7, 11) is 0. The Morgan fingerprint density at radius 3 is 2.47 bits per heavy atom. The summed E-state index contributed by atoms with van der Waals surface area (Å²) in [5.41, 5.74) is 0. The van der Waals surface area contributed by atoms with E-state index in [1.54, 1.807) is 0 Å². The normalized spacial score (nSPS) is 29.4. The van der Waals surface area contributed by atoms with Gasteiger partial charge in [0.1, 0.15) is 0 Å². The number of hydrogen-bond donors (Lipinski definition) is 2. The van der Waals surface area contributed by atoms with Crippen LogP contribution in [-0.4, -0.2) is 23.8 Å². The van der Waals surface area contributed by atoms with E-state index >= 15 is 0 Å². The first-order valence-corrected chi connectivity index (χ1v) is 6.56. The van der Waals surface area contributed by atoms with Crippen molar-refractivity contribution < 1.29 is 5.11 Å². The number of rotatable bonds is 5. The summed E-state index contributed by atoms with van der Waals surface area (Å²) in [6.45, 7) is 7.06. The van der Waals surface area contributed by atoms with Gasteiger partial charge in [0.15, 0.2) is 0 Å². The molecule has 2 N–H and O–H groups in total. The van der Waals surface area contributed by atoms with Crippen LogP contribution in [0.5, 0.6) is 0 Å². The predicted octanol–water partition coefficient (Wildman–Crippen LogP) is 2.56. The summed E-state index contributed by atoms with van der Waals surface area (Å²) >= 11 is 0. The van der Waals surface area contributed by atoms with Gasteiger partial charge in [-0.15, -0.1) is 0 Å². The van der Waals surface area contributed by atoms with Crippen molar-refractivity contribution in [2.75, 3.05) is 6.61 Å². The first-order valence-electron chi connectivity index (χ1n) is 6.56. The van der Waals surface area contributed by atoms with E-state index in [1.165, 1.54) is 25.7 Å². The van der Waals surface area contributed by atoms with Crippen LogP contribution in [0.15, 0.2) is 0 Å². The molecule has 1 fully saturated rings. The average Bonchev–Trinajstić information content (AvgIpc) is 2.26. The number of nitrogens with one attached hydrogen (secondary N) is 1. The van der Waals surface area contributed by atoms with E-state index in [4.69, 9.17) is 0 Å². The number of hydrogen-bond acceptors (Lipinski definition) is 2. The highest BCUT2D eigenvalue weighted by Gasteiger charge is 2.28. The summed E-state index contributed by atoms with van der Waals surface area (Å²) in [6.07, 6.45) is 6.41. The van der Waals surface area contributed by atoms with Gasteiger partial charge in [0.2, 0.25) is 0 Å². The molecule has 0 radical (unpaired) electrons. The predicted molar refractivity (Wildman–Crippen MR) is 64.9 cm³/mol. The Morgan fingerprint density at radius 2 is 1.93 bits per heavy atom. The minimum Gasteiger partial charge on any atom is -0.395 e. The molecule has 0 heterocycles. The topological polar surface area (TPSA) is 32.3 Å². The lowest BCUT2D eigenvalue weighted by Gasteiger charge is -2.37. The molecular weight excluding hydrogens is 186 g/mol. The third-order valence-corrected chi connectivity index (χ3v) is 3.84. The van der Waals surface area contributed by atoms with Crippen molar-refractivity contribution in [1.82, 2.24) is 5.32 Å². The Balaban J connectivity index is 2.48. The molecule has 0 aliphatic heterocycles.